The lowest BCUT2D eigenvalue weighted by atomic mass is 9.97. The lowest BCUT2D eigenvalue weighted by Crippen LogP contribution is -2.14. The third kappa shape index (κ3) is 3.13. The second kappa shape index (κ2) is 5.02. The van der Waals surface area contributed by atoms with Crippen molar-refractivity contribution in [3.63, 3.8) is 0 Å². The maximum atomic E-state index is 12.6. The molecule has 0 fully saturated rings. The summed E-state index contributed by atoms with van der Waals surface area (Å²) in [7, 11) is 0. The van der Waals surface area contributed by atoms with Gasteiger partial charge in [-0.3, -0.25) is 9.78 Å². The Morgan fingerprint density at radius 3 is 2.73 bits per heavy atom. The topological polar surface area (TPSA) is 50.2 Å². The highest BCUT2D eigenvalue weighted by molar-refractivity contribution is 6.31. The Hall–Kier alpha value is -1.23. The van der Waals surface area contributed by atoms with Crippen LogP contribution < -0.4 is 0 Å². The van der Waals surface area contributed by atoms with Crippen LogP contribution in [0.15, 0.2) is 18.5 Å². The molecule has 0 aliphatic rings. The summed E-state index contributed by atoms with van der Waals surface area (Å²) in [5.74, 6) is -2.67. The predicted molar refractivity (Wildman–Crippen MR) is 50.2 cm³/mol. The van der Waals surface area contributed by atoms with Gasteiger partial charge in [-0.05, 0) is 11.6 Å². The summed E-state index contributed by atoms with van der Waals surface area (Å²) in [6.07, 6.45) is -0.894. The predicted octanol–water partition coefficient (Wildman–Crippen LogP) is 2.56. The highest BCUT2D eigenvalue weighted by atomic mass is 35.5. The zero-order chi connectivity index (χ0) is 11.4. The normalized spacial score (nSPS) is 12.8. The van der Waals surface area contributed by atoms with E-state index in [9.17, 15) is 13.6 Å². The molecule has 0 saturated heterocycles. The molecule has 0 saturated carbocycles. The maximum Gasteiger partial charge on any atom is 0.304 e. The van der Waals surface area contributed by atoms with Gasteiger partial charge in [0.1, 0.15) is 0 Å². The number of hydrogen-bond acceptors (Lipinski definition) is 2. The van der Waals surface area contributed by atoms with Crippen molar-refractivity contribution in [2.75, 3.05) is 0 Å². The van der Waals surface area contributed by atoms with E-state index in [1.807, 2.05) is 0 Å². The van der Waals surface area contributed by atoms with E-state index in [4.69, 9.17) is 16.7 Å². The second-order valence-electron chi connectivity index (χ2n) is 2.94. The number of carboxylic acid groups (broad SMARTS) is 1. The van der Waals surface area contributed by atoms with Crippen LogP contribution in [0, 0.1) is 0 Å². The number of halogens is 3. The van der Waals surface area contributed by atoms with Gasteiger partial charge in [-0.15, -0.1) is 0 Å². The molecule has 0 spiro atoms. The van der Waals surface area contributed by atoms with Crippen molar-refractivity contribution < 1.29 is 18.7 Å². The number of hydrogen-bond donors (Lipinski definition) is 1. The van der Waals surface area contributed by atoms with Gasteiger partial charge in [0, 0.05) is 12.4 Å². The molecular formula is C9H8ClF2NO2. The molecule has 0 radical (unpaired) electrons. The van der Waals surface area contributed by atoms with Crippen molar-refractivity contribution in [2.24, 2.45) is 0 Å². The van der Waals surface area contributed by atoms with E-state index in [2.05, 4.69) is 4.98 Å². The Morgan fingerprint density at radius 2 is 2.27 bits per heavy atom. The molecule has 1 N–H and O–H groups in total. The molecule has 1 atom stereocenters. The first-order chi connectivity index (χ1) is 7.02. The van der Waals surface area contributed by atoms with E-state index in [1.54, 1.807) is 0 Å². The first-order valence-electron chi connectivity index (χ1n) is 4.11. The number of aromatic nitrogens is 1. The van der Waals surface area contributed by atoms with Gasteiger partial charge in [-0.25, -0.2) is 8.78 Å². The van der Waals surface area contributed by atoms with Gasteiger partial charge in [0.25, 0.3) is 0 Å². The lowest BCUT2D eigenvalue weighted by molar-refractivity contribution is -0.138. The molecule has 0 aliphatic carbocycles. The van der Waals surface area contributed by atoms with E-state index >= 15 is 0 Å². The summed E-state index contributed by atoms with van der Waals surface area (Å²) < 4.78 is 25.2. The largest absolute Gasteiger partial charge is 0.481 e. The molecule has 1 aromatic rings. The fourth-order valence-electron chi connectivity index (χ4n) is 1.21. The van der Waals surface area contributed by atoms with Crippen molar-refractivity contribution >= 4 is 17.6 Å². The Morgan fingerprint density at radius 1 is 1.60 bits per heavy atom. The van der Waals surface area contributed by atoms with Gasteiger partial charge in [0.2, 0.25) is 6.43 Å². The molecule has 0 aromatic carbocycles. The van der Waals surface area contributed by atoms with Gasteiger partial charge in [-0.1, -0.05) is 11.6 Å². The molecule has 6 heteroatoms. The molecule has 0 bridgehead atoms. The third-order valence-corrected chi connectivity index (χ3v) is 2.22. The number of aliphatic carboxylic acids is 1. The molecule has 3 nitrogen and oxygen atoms in total. The van der Waals surface area contributed by atoms with Crippen LogP contribution in [0.2, 0.25) is 5.02 Å². The van der Waals surface area contributed by atoms with Gasteiger partial charge < -0.3 is 5.11 Å². The fraction of sp³-hybridized carbons (Fsp3) is 0.333. The standard InChI is InChI=1S/C9H8ClF2NO2/c10-7-4-13-2-1-5(7)6(9(11)12)3-8(14)15/h1-2,4,6,9H,3H2,(H,14,15). The maximum absolute atomic E-state index is 12.6. The number of alkyl halides is 2. The SMILES string of the molecule is O=C(O)CC(c1ccncc1Cl)C(F)F. The minimum absolute atomic E-state index is 0.0593. The molecule has 1 heterocycles. The summed E-state index contributed by atoms with van der Waals surface area (Å²) in [6, 6.07) is 1.31. The summed E-state index contributed by atoms with van der Waals surface area (Å²) in [4.78, 5) is 14.0. The molecule has 0 amide bonds. The highest BCUT2D eigenvalue weighted by Gasteiger charge is 2.27. The number of carboxylic acids is 1. The average molecular weight is 236 g/mol. The summed E-state index contributed by atoms with van der Waals surface area (Å²) >= 11 is 5.66. The summed E-state index contributed by atoms with van der Waals surface area (Å²) in [5.41, 5.74) is 0.115. The minimum atomic E-state index is -2.76. The average Bonchev–Trinajstić information content (AvgIpc) is 2.15. The first kappa shape index (κ1) is 11.8. The van der Waals surface area contributed by atoms with Gasteiger partial charge in [-0.2, -0.15) is 0 Å². The Labute approximate surface area is 89.7 Å². The van der Waals surface area contributed by atoms with Crippen molar-refractivity contribution in [1.82, 2.24) is 4.98 Å². The van der Waals surface area contributed by atoms with Crippen LogP contribution in [0.3, 0.4) is 0 Å². The van der Waals surface area contributed by atoms with Crippen molar-refractivity contribution in [3.05, 3.63) is 29.0 Å². The van der Waals surface area contributed by atoms with Crippen LogP contribution in [0.5, 0.6) is 0 Å². The minimum Gasteiger partial charge on any atom is -0.481 e. The van der Waals surface area contributed by atoms with Crippen LogP contribution >= 0.6 is 11.6 Å². The number of carbonyl (C=O) groups is 1. The quantitative estimate of drug-likeness (QED) is 0.873. The second-order valence-corrected chi connectivity index (χ2v) is 3.34. The highest BCUT2D eigenvalue weighted by Crippen LogP contribution is 2.31. The van der Waals surface area contributed by atoms with Crippen LogP contribution in [-0.4, -0.2) is 22.5 Å². The zero-order valence-electron chi connectivity index (χ0n) is 7.53. The van der Waals surface area contributed by atoms with Crippen molar-refractivity contribution in [2.45, 2.75) is 18.8 Å². The smallest absolute Gasteiger partial charge is 0.304 e. The van der Waals surface area contributed by atoms with Gasteiger partial charge in [0.05, 0.1) is 17.4 Å². The molecule has 1 rings (SSSR count). The van der Waals surface area contributed by atoms with E-state index in [1.165, 1.54) is 18.5 Å². The van der Waals surface area contributed by atoms with Gasteiger partial charge >= 0.3 is 5.97 Å². The number of rotatable bonds is 4. The molecule has 1 aromatic heterocycles. The van der Waals surface area contributed by atoms with E-state index < -0.39 is 24.7 Å². The molecule has 1 unspecified atom stereocenters. The third-order valence-electron chi connectivity index (χ3n) is 1.90. The van der Waals surface area contributed by atoms with E-state index in [-0.39, 0.29) is 10.6 Å². The molecule has 0 aliphatic heterocycles. The Bertz CT molecular complexity index is 360. The molecule has 15 heavy (non-hydrogen) atoms. The first-order valence-corrected chi connectivity index (χ1v) is 4.49. The monoisotopic (exact) mass is 235 g/mol. The summed E-state index contributed by atoms with van der Waals surface area (Å²) in [5, 5.41) is 8.55. The van der Waals surface area contributed by atoms with Crippen LogP contribution in [-0.2, 0) is 4.79 Å². The Kier molecular flexibility index (Phi) is 3.96. The number of nitrogens with zero attached hydrogens (tertiary/aromatic N) is 1. The van der Waals surface area contributed by atoms with Crippen molar-refractivity contribution in [3.8, 4) is 0 Å². The summed E-state index contributed by atoms with van der Waals surface area (Å²) in [6.45, 7) is 0. The fourth-order valence-corrected chi connectivity index (χ4v) is 1.47. The molecular weight excluding hydrogens is 228 g/mol. The van der Waals surface area contributed by atoms with Crippen LogP contribution in [0.25, 0.3) is 0 Å². The molecule has 82 valence electrons. The van der Waals surface area contributed by atoms with E-state index in [0.29, 0.717) is 0 Å². The Balaban J connectivity index is 2.99. The zero-order valence-corrected chi connectivity index (χ0v) is 8.29. The van der Waals surface area contributed by atoms with Crippen molar-refractivity contribution in [1.29, 1.82) is 0 Å². The van der Waals surface area contributed by atoms with Crippen LogP contribution in [0.1, 0.15) is 17.9 Å². The lowest BCUT2D eigenvalue weighted by Gasteiger charge is -2.14. The van der Waals surface area contributed by atoms with E-state index in [0.717, 1.165) is 0 Å². The number of pyridine rings is 1. The van der Waals surface area contributed by atoms with Gasteiger partial charge in [0.15, 0.2) is 0 Å². The van der Waals surface area contributed by atoms with Crippen LogP contribution in [0.4, 0.5) is 8.78 Å².